The van der Waals surface area contributed by atoms with Crippen LogP contribution in [0.5, 0.6) is 5.88 Å². The fourth-order valence-corrected chi connectivity index (χ4v) is 5.12. The largest absolute Gasteiger partial charge is 0.479 e. The van der Waals surface area contributed by atoms with Crippen molar-refractivity contribution in [2.45, 2.75) is 26.4 Å². The summed E-state index contributed by atoms with van der Waals surface area (Å²) in [7, 11) is 1.59. The Morgan fingerprint density at radius 3 is 2.49 bits per heavy atom. The van der Waals surface area contributed by atoms with Crippen molar-refractivity contribution in [3.63, 3.8) is 0 Å². The van der Waals surface area contributed by atoms with Gasteiger partial charge >= 0.3 is 6.09 Å². The molecule has 0 radical (unpaired) electrons. The van der Waals surface area contributed by atoms with Crippen LogP contribution in [0.25, 0.3) is 11.6 Å². The Kier molecular flexibility index (Phi) is 6.94. The van der Waals surface area contributed by atoms with Gasteiger partial charge in [0.1, 0.15) is 28.8 Å². The zero-order valence-electron chi connectivity index (χ0n) is 23.8. The lowest BCUT2D eigenvalue weighted by Gasteiger charge is -2.36. The second-order valence-electron chi connectivity index (χ2n) is 11.1. The van der Waals surface area contributed by atoms with Crippen molar-refractivity contribution in [3.8, 4) is 5.88 Å². The molecule has 11 heteroatoms. The van der Waals surface area contributed by atoms with Crippen LogP contribution in [0.4, 0.5) is 28.1 Å². The number of hydrogen-bond acceptors (Lipinski definition) is 10. The summed E-state index contributed by atoms with van der Waals surface area (Å²) in [5.41, 5.74) is 3.29. The summed E-state index contributed by atoms with van der Waals surface area (Å²) in [5, 5.41) is 3.29. The summed E-state index contributed by atoms with van der Waals surface area (Å²) in [4.78, 5) is 37.4. The number of aromatic nitrogens is 3. The first kappa shape index (κ1) is 26.5. The van der Waals surface area contributed by atoms with Crippen LogP contribution >= 0.6 is 0 Å². The van der Waals surface area contributed by atoms with Crippen LogP contribution in [0, 0.1) is 0 Å². The minimum Gasteiger partial charge on any atom is -0.479 e. The van der Waals surface area contributed by atoms with Crippen LogP contribution in [-0.2, 0) is 4.74 Å². The van der Waals surface area contributed by atoms with Gasteiger partial charge < -0.3 is 29.5 Å². The Bertz CT molecular complexity index is 1510. The predicted octanol–water partition coefficient (Wildman–Crippen LogP) is 4.45. The number of nitrogens with zero attached hydrogens (tertiary/aromatic N) is 7. The van der Waals surface area contributed by atoms with Crippen molar-refractivity contribution in [1.82, 2.24) is 19.9 Å². The van der Waals surface area contributed by atoms with E-state index in [1.165, 1.54) is 0 Å². The molecule has 11 nitrogen and oxygen atoms in total. The molecular formula is C30H34N8O3. The number of anilines is 4. The van der Waals surface area contributed by atoms with Crippen molar-refractivity contribution in [3.05, 3.63) is 59.8 Å². The number of methoxy groups -OCH3 is 1. The number of amides is 1. The third-order valence-corrected chi connectivity index (χ3v) is 7.06. The van der Waals surface area contributed by atoms with E-state index in [4.69, 9.17) is 24.4 Å². The number of carbonyl (C=O) groups excluding carboxylic acids is 1. The van der Waals surface area contributed by atoms with Crippen LogP contribution in [-0.4, -0.2) is 83.8 Å². The summed E-state index contributed by atoms with van der Waals surface area (Å²) in [6.45, 7) is 9.52. The summed E-state index contributed by atoms with van der Waals surface area (Å²) < 4.78 is 11.1. The van der Waals surface area contributed by atoms with Crippen LogP contribution < -0.4 is 19.9 Å². The maximum Gasteiger partial charge on any atom is 0.410 e. The molecule has 3 aliphatic rings. The molecule has 0 saturated carbocycles. The number of rotatable bonds is 5. The van der Waals surface area contributed by atoms with E-state index in [1.807, 2.05) is 57.3 Å². The van der Waals surface area contributed by atoms with Gasteiger partial charge in [0.15, 0.2) is 0 Å². The van der Waals surface area contributed by atoms with Gasteiger partial charge in [-0.25, -0.2) is 9.78 Å². The van der Waals surface area contributed by atoms with Crippen molar-refractivity contribution < 1.29 is 14.3 Å². The van der Waals surface area contributed by atoms with E-state index in [0.717, 1.165) is 47.3 Å². The topological polar surface area (TPSA) is 108 Å². The number of aliphatic imine (C=N–C) groups is 1. The highest BCUT2D eigenvalue weighted by atomic mass is 16.6. The summed E-state index contributed by atoms with van der Waals surface area (Å²) in [5.74, 6) is 3.42. The molecule has 212 valence electrons. The SMILES string of the molecule is COc1nc(N2CCN(C(=O)OC(C)(C)C)CC2)ccc1Nc1ncc2c(n1)N1CCN=C1C(c1ccccc1)=C2. The number of amidine groups is 1. The number of piperazine rings is 1. The minimum atomic E-state index is -0.514. The monoisotopic (exact) mass is 554 g/mol. The predicted molar refractivity (Wildman–Crippen MR) is 160 cm³/mol. The first-order valence-corrected chi connectivity index (χ1v) is 13.8. The Morgan fingerprint density at radius 1 is 0.976 bits per heavy atom. The molecule has 3 aliphatic heterocycles. The molecule has 1 saturated heterocycles. The molecule has 1 fully saturated rings. The third kappa shape index (κ3) is 5.52. The van der Waals surface area contributed by atoms with Crippen molar-refractivity contribution in [2.75, 3.05) is 61.5 Å². The molecule has 3 aromatic rings. The number of nitrogens with one attached hydrogen (secondary N) is 1. The van der Waals surface area contributed by atoms with Gasteiger partial charge in [-0.05, 0) is 44.5 Å². The van der Waals surface area contributed by atoms with E-state index in [2.05, 4.69) is 38.3 Å². The fraction of sp³-hybridized carbons (Fsp3) is 0.367. The maximum atomic E-state index is 12.4. The normalized spacial score (nSPS) is 16.4. The highest BCUT2D eigenvalue weighted by Gasteiger charge is 2.31. The lowest BCUT2D eigenvalue weighted by atomic mass is 9.99. The minimum absolute atomic E-state index is 0.286. The zero-order chi connectivity index (χ0) is 28.6. The van der Waals surface area contributed by atoms with Crippen LogP contribution in [0.2, 0.25) is 0 Å². The lowest BCUT2D eigenvalue weighted by molar-refractivity contribution is 0.0240. The van der Waals surface area contributed by atoms with Crippen LogP contribution in [0.3, 0.4) is 0 Å². The quantitative estimate of drug-likeness (QED) is 0.489. The third-order valence-electron chi connectivity index (χ3n) is 7.06. The molecule has 0 atom stereocenters. The first-order chi connectivity index (χ1) is 19.8. The maximum absolute atomic E-state index is 12.4. The van der Waals surface area contributed by atoms with Gasteiger partial charge in [-0.3, -0.25) is 4.99 Å². The molecule has 1 N–H and O–H groups in total. The number of fused-ring (bicyclic) bond motifs is 3. The second kappa shape index (κ2) is 10.7. The average molecular weight is 555 g/mol. The van der Waals surface area contributed by atoms with Crippen LogP contribution in [0.1, 0.15) is 31.9 Å². The highest BCUT2D eigenvalue weighted by molar-refractivity contribution is 6.35. The van der Waals surface area contributed by atoms with Crippen molar-refractivity contribution in [2.24, 2.45) is 4.99 Å². The molecule has 0 bridgehead atoms. The molecule has 2 aromatic heterocycles. The molecule has 0 unspecified atom stereocenters. The van der Waals surface area contributed by atoms with Crippen molar-refractivity contribution >= 4 is 46.8 Å². The van der Waals surface area contributed by atoms with E-state index in [9.17, 15) is 4.79 Å². The molecule has 0 spiro atoms. The molecule has 0 aliphatic carbocycles. The number of carbonyl (C=O) groups is 1. The van der Waals surface area contributed by atoms with Crippen molar-refractivity contribution in [1.29, 1.82) is 0 Å². The summed E-state index contributed by atoms with van der Waals surface area (Å²) >= 11 is 0. The number of pyridine rings is 1. The number of benzene rings is 1. The van der Waals surface area contributed by atoms with Gasteiger partial charge in [-0.2, -0.15) is 9.97 Å². The zero-order valence-corrected chi connectivity index (χ0v) is 23.8. The Balaban J connectivity index is 1.18. The van der Waals surface area contributed by atoms with E-state index in [0.29, 0.717) is 43.7 Å². The van der Waals surface area contributed by atoms with E-state index < -0.39 is 5.60 Å². The smallest absolute Gasteiger partial charge is 0.410 e. The Labute approximate surface area is 239 Å². The average Bonchev–Trinajstić information content (AvgIpc) is 3.47. The van der Waals surface area contributed by atoms with Crippen LogP contribution in [0.15, 0.2) is 53.7 Å². The Morgan fingerprint density at radius 2 is 1.76 bits per heavy atom. The fourth-order valence-electron chi connectivity index (χ4n) is 5.12. The van der Waals surface area contributed by atoms with Gasteiger partial charge in [0.05, 0.1) is 13.7 Å². The number of ether oxygens (including phenoxy) is 2. The van der Waals surface area contributed by atoms with E-state index in [-0.39, 0.29) is 6.09 Å². The Hall–Kier alpha value is -4.67. The van der Waals surface area contributed by atoms with Gasteiger partial charge in [0, 0.05) is 50.1 Å². The lowest BCUT2D eigenvalue weighted by Crippen LogP contribution is -2.50. The number of hydrogen-bond donors (Lipinski definition) is 1. The van der Waals surface area contributed by atoms with Gasteiger partial charge in [0.25, 0.3) is 0 Å². The molecular weight excluding hydrogens is 520 g/mol. The summed E-state index contributed by atoms with van der Waals surface area (Å²) in [6.07, 6.45) is 3.65. The second-order valence-corrected chi connectivity index (χ2v) is 11.1. The molecule has 1 aromatic carbocycles. The standard InChI is InChI=1S/C30H34N8O3/c1-30(2,3)41-29(39)37-16-14-36(15-17-37)24-11-10-23(27(34-24)40-4)33-28-32-19-21-18-22(20-8-6-5-7-9-20)26-31-12-13-38(26)25(21)35-28/h5-11,18-19H,12-17H2,1-4H3,(H,32,33,35). The van der Waals surface area contributed by atoms with Gasteiger partial charge in [-0.15, -0.1) is 0 Å². The van der Waals surface area contributed by atoms with Gasteiger partial charge in [-0.1, -0.05) is 30.3 Å². The van der Waals surface area contributed by atoms with Gasteiger partial charge in [0.2, 0.25) is 11.8 Å². The molecule has 41 heavy (non-hydrogen) atoms. The molecule has 1 amide bonds. The highest BCUT2D eigenvalue weighted by Crippen LogP contribution is 2.36. The summed E-state index contributed by atoms with van der Waals surface area (Å²) in [6, 6.07) is 14.1. The first-order valence-electron chi connectivity index (χ1n) is 13.8. The molecule has 6 rings (SSSR count). The molecule has 5 heterocycles. The van der Waals surface area contributed by atoms with E-state index >= 15 is 0 Å². The van der Waals surface area contributed by atoms with E-state index in [1.54, 1.807) is 12.0 Å².